The molecule has 1 rings (SSSR count). The smallest absolute Gasteiger partial charge is 0.0228 e. The first-order valence-electron chi connectivity index (χ1n) is 5.80. The highest BCUT2D eigenvalue weighted by Gasteiger charge is 2.20. The van der Waals surface area contributed by atoms with E-state index in [0.29, 0.717) is 0 Å². The SMILES string of the molecule is CC(C)C1CC=CC1C.CCCC. The van der Waals surface area contributed by atoms with Crippen molar-refractivity contribution in [1.29, 1.82) is 0 Å². The summed E-state index contributed by atoms with van der Waals surface area (Å²) >= 11 is 0. The van der Waals surface area contributed by atoms with E-state index in [1.165, 1.54) is 19.3 Å². The first kappa shape index (κ1) is 12.7. The number of rotatable bonds is 2. The maximum absolute atomic E-state index is 2.34. The molecule has 0 radical (unpaired) electrons. The topological polar surface area (TPSA) is 0 Å². The third-order valence-electron chi connectivity index (χ3n) is 2.88. The molecule has 0 bridgehead atoms. The van der Waals surface area contributed by atoms with Crippen molar-refractivity contribution in [3.8, 4) is 0 Å². The molecule has 2 unspecified atom stereocenters. The fraction of sp³-hybridized carbons (Fsp3) is 0.846. The Labute approximate surface area is 84.4 Å². The minimum atomic E-state index is 0.824. The predicted molar refractivity (Wildman–Crippen MR) is 61.8 cm³/mol. The van der Waals surface area contributed by atoms with Gasteiger partial charge >= 0.3 is 0 Å². The summed E-state index contributed by atoms with van der Waals surface area (Å²) < 4.78 is 0. The molecule has 0 saturated heterocycles. The van der Waals surface area contributed by atoms with E-state index in [-0.39, 0.29) is 0 Å². The molecule has 0 spiro atoms. The molecule has 0 aliphatic heterocycles. The number of hydrogen-bond acceptors (Lipinski definition) is 0. The minimum absolute atomic E-state index is 0.824. The van der Waals surface area contributed by atoms with Crippen LogP contribution in [0.25, 0.3) is 0 Å². The van der Waals surface area contributed by atoms with E-state index in [0.717, 1.165) is 17.8 Å². The second-order valence-electron chi connectivity index (χ2n) is 4.43. The van der Waals surface area contributed by atoms with Gasteiger partial charge in [0.2, 0.25) is 0 Å². The Morgan fingerprint density at radius 3 is 1.92 bits per heavy atom. The van der Waals surface area contributed by atoms with Gasteiger partial charge in [0.05, 0.1) is 0 Å². The second kappa shape index (κ2) is 7.17. The van der Waals surface area contributed by atoms with Crippen molar-refractivity contribution in [3.63, 3.8) is 0 Å². The zero-order valence-electron chi connectivity index (χ0n) is 10.0. The summed E-state index contributed by atoms with van der Waals surface area (Å²) in [5.74, 6) is 2.60. The van der Waals surface area contributed by atoms with E-state index in [1.807, 2.05) is 0 Å². The zero-order chi connectivity index (χ0) is 10.3. The van der Waals surface area contributed by atoms with Gasteiger partial charge in [0.25, 0.3) is 0 Å². The quantitative estimate of drug-likeness (QED) is 0.545. The minimum Gasteiger partial charge on any atom is -0.0880 e. The van der Waals surface area contributed by atoms with Crippen molar-refractivity contribution in [3.05, 3.63) is 12.2 Å². The van der Waals surface area contributed by atoms with Crippen LogP contribution >= 0.6 is 0 Å². The number of hydrogen-bond donors (Lipinski definition) is 0. The van der Waals surface area contributed by atoms with E-state index in [4.69, 9.17) is 0 Å². The lowest BCUT2D eigenvalue weighted by atomic mass is 9.87. The summed E-state index contributed by atoms with van der Waals surface area (Å²) in [6.45, 7) is 11.3. The molecule has 0 heteroatoms. The van der Waals surface area contributed by atoms with Crippen LogP contribution in [0.15, 0.2) is 12.2 Å². The highest BCUT2D eigenvalue weighted by molar-refractivity contribution is 4.99. The third-order valence-corrected chi connectivity index (χ3v) is 2.88. The van der Waals surface area contributed by atoms with Gasteiger partial charge in [-0.1, -0.05) is 59.6 Å². The van der Waals surface area contributed by atoms with E-state index in [9.17, 15) is 0 Å². The van der Waals surface area contributed by atoms with Crippen LogP contribution in [-0.2, 0) is 0 Å². The molecule has 78 valence electrons. The van der Waals surface area contributed by atoms with Crippen LogP contribution in [-0.4, -0.2) is 0 Å². The number of allylic oxidation sites excluding steroid dienone is 2. The molecular weight excluding hydrogens is 156 g/mol. The molecule has 0 saturated carbocycles. The fourth-order valence-electron chi connectivity index (χ4n) is 1.69. The monoisotopic (exact) mass is 182 g/mol. The molecule has 0 aromatic heterocycles. The molecule has 2 atom stereocenters. The highest BCUT2D eigenvalue weighted by Crippen LogP contribution is 2.30. The van der Waals surface area contributed by atoms with Gasteiger partial charge in [-0.3, -0.25) is 0 Å². The second-order valence-corrected chi connectivity index (χ2v) is 4.43. The van der Waals surface area contributed by atoms with Gasteiger partial charge in [-0.2, -0.15) is 0 Å². The van der Waals surface area contributed by atoms with Gasteiger partial charge in [0.1, 0.15) is 0 Å². The molecule has 0 nitrogen and oxygen atoms in total. The fourth-order valence-corrected chi connectivity index (χ4v) is 1.69. The lowest BCUT2D eigenvalue weighted by Crippen LogP contribution is -2.11. The van der Waals surface area contributed by atoms with Crippen molar-refractivity contribution < 1.29 is 0 Å². The summed E-state index contributed by atoms with van der Waals surface area (Å²) in [5.41, 5.74) is 0. The first-order chi connectivity index (χ1) is 6.13. The maximum Gasteiger partial charge on any atom is -0.0228 e. The summed E-state index contributed by atoms with van der Waals surface area (Å²) in [7, 11) is 0. The standard InChI is InChI=1S/C9H16.C4H10/c1-7(2)9-6-4-5-8(9)3;1-3-4-2/h4-5,7-9H,6H2,1-3H3;3-4H2,1-2H3. The molecule has 0 heterocycles. The van der Waals surface area contributed by atoms with Crippen molar-refractivity contribution >= 4 is 0 Å². The van der Waals surface area contributed by atoms with Gasteiger partial charge in [0, 0.05) is 0 Å². The molecule has 0 aromatic rings. The molecule has 0 aromatic carbocycles. The van der Waals surface area contributed by atoms with Gasteiger partial charge in [-0.25, -0.2) is 0 Å². The Hall–Kier alpha value is -0.260. The highest BCUT2D eigenvalue weighted by atomic mass is 14.3. The molecular formula is C13H26. The van der Waals surface area contributed by atoms with E-state index in [1.54, 1.807) is 0 Å². The van der Waals surface area contributed by atoms with Crippen LogP contribution in [0.5, 0.6) is 0 Å². The lowest BCUT2D eigenvalue weighted by molar-refractivity contribution is 0.335. The van der Waals surface area contributed by atoms with E-state index in [2.05, 4.69) is 46.8 Å². The predicted octanol–water partition coefficient (Wildman–Crippen LogP) is 4.66. The normalized spacial score (nSPS) is 26.0. The maximum atomic E-state index is 2.34. The van der Waals surface area contributed by atoms with Gasteiger partial charge in [-0.15, -0.1) is 0 Å². The van der Waals surface area contributed by atoms with E-state index < -0.39 is 0 Å². The van der Waals surface area contributed by atoms with Crippen molar-refractivity contribution in [2.75, 3.05) is 0 Å². The third kappa shape index (κ3) is 5.13. The largest absolute Gasteiger partial charge is 0.0880 e. The summed E-state index contributed by atoms with van der Waals surface area (Å²) in [5, 5.41) is 0. The van der Waals surface area contributed by atoms with Crippen LogP contribution in [0.1, 0.15) is 53.9 Å². The Kier molecular flexibility index (Phi) is 7.03. The summed E-state index contributed by atoms with van der Waals surface area (Å²) in [4.78, 5) is 0. The summed E-state index contributed by atoms with van der Waals surface area (Å²) in [6, 6.07) is 0. The lowest BCUT2D eigenvalue weighted by Gasteiger charge is -2.18. The van der Waals surface area contributed by atoms with E-state index >= 15 is 0 Å². The Morgan fingerprint density at radius 2 is 1.77 bits per heavy atom. The molecule has 1 aliphatic carbocycles. The average Bonchev–Trinajstić information content (AvgIpc) is 2.52. The zero-order valence-corrected chi connectivity index (χ0v) is 10.0. The van der Waals surface area contributed by atoms with Crippen LogP contribution < -0.4 is 0 Å². The Balaban J connectivity index is 0.000000310. The molecule has 0 fully saturated rings. The molecule has 0 N–H and O–H groups in total. The van der Waals surface area contributed by atoms with Crippen molar-refractivity contribution in [1.82, 2.24) is 0 Å². The van der Waals surface area contributed by atoms with Crippen LogP contribution in [0, 0.1) is 17.8 Å². The van der Waals surface area contributed by atoms with Crippen LogP contribution in [0.2, 0.25) is 0 Å². The molecule has 13 heavy (non-hydrogen) atoms. The molecule has 0 amide bonds. The first-order valence-corrected chi connectivity index (χ1v) is 5.80. The van der Waals surface area contributed by atoms with Crippen molar-refractivity contribution in [2.45, 2.75) is 53.9 Å². The van der Waals surface area contributed by atoms with Gasteiger partial charge in [-0.05, 0) is 24.2 Å². The Morgan fingerprint density at radius 1 is 1.23 bits per heavy atom. The van der Waals surface area contributed by atoms with Crippen LogP contribution in [0.3, 0.4) is 0 Å². The average molecular weight is 182 g/mol. The molecule has 1 aliphatic rings. The number of unbranched alkanes of at least 4 members (excludes halogenated alkanes) is 1. The van der Waals surface area contributed by atoms with Crippen molar-refractivity contribution in [2.24, 2.45) is 17.8 Å². The van der Waals surface area contributed by atoms with Gasteiger partial charge < -0.3 is 0 Å². The Bertz CT molecular complexity index is 131. The summed E-state index contributed by atoms with van der Waals surface area (Å²) in [6.07, 6.45) is 8.60. The van der Waals surface area contributed by atoms with Gasteiger partial charge in [0.15, 0.2) is 0 Å². The van der Waals surface area contributed by atoms with Crippen LogP contribution in [0.4, 0.5) is 0 Å².